The molecule has 1 saturated heterocycles. The molecule has 0 spiro atoms. The molecule has 1 aromatic carbocycles. The number of nitrogens with zero attached hydrogens (tertiary/aromatic N) is 3. The molecular weight excluding hydrogens is 320 g/mol. The first-order chi connectivity index (χ1) is 11.4. The summed E-state index contributed by atoms with van der Waals surface area (Å²) < 4.78 is 28.3. The molecule has 3 rings (SSSR count). The van der Waals surface area contributed by atoms with Gasteiger partial charge >= 0.3 is 5.97 Å². The lowest BCUT2D eigenvalue weighted by atomic mass is 9.88. The summed E-state index contributed by atoms with van der Waals surface area (Å²) in [5.41, 5.74) is -0.120. The largest absolute Gasteiger partial charge is 0.481 e. The molecule has 0 aliphatic carbocycles. The second-order valence-corrected chi connectivity index (χ2v) is 5.78. The summed E-state index contributed by atoms with van der Waals surface area (Å²) in [6.45, 7) is 0.340. The fraction of sp³-hybridized carbons (Fsp3) is 0.312. The zero-order valence-electron chi connectivity index (χ0n) is 12.8. The molecule has 2 atom stereocenters. The van der Waals surface area contributed by atoms with E-state index in [1.165, 1.54) is 25.2 Å². The summed E-state index contributed by atoms with van der Waals surface area (Å²) in [7, 11) is 1.49. The zero-order chi connectivity index (χ0) is 17.4. The number of carboxylic acids is 1. The van der Waals surface area contributed by atoms with E-state index in [1.807, 2.05) is 0 Å². The molecular formula is C16H15F2N3O3. The monoisotopic (exact) mass is 335 g/mol. The number of halogens is 2. The second-order valence-electron chi connectivity index (χ2n) is 5.78. The Kier molecular flexibility index (Phi) is 4.04. The molecule has 0 saturated carbocycles. The van der Waals surface area contributed by atoms with E-state index >= 15 is 0 Å². The molecule has 0 radical (unpaired) electrons. The van der Waals surface area contributed by atoms with Gasteiger partial charge < -0.3 is 10.0 Å². The van der Waals surface area contributed by atoms with Crippen molar-refractivity contribution in [3.63, 3.8) is 0 Å². The quantitative estimate of drug-likeness (QED) is 0.917. The Hall–Kier alpha value is -2.77. The fourth-order valence-electron chi connectivity index (χ4n) is 3.02. The maximum atomic E-state index is 14.1. The van der Waals surface area contributed by atoms with Gasteiger partial charge in [0, 0.05) is 38.2 Å². The van der Waals surface area contributed by atoms with Crippen LogP contribution in [0.2, 0.25) is 0 Å². The number of anilines is 1. The van der Waals surface area contributed by atoms with Crippen LogP contribution in [0.3, 0.4) is 0 Å². The average molecular weight is 335 g/mol. The summed E-state index contributed by atoms with van der Waals surface area (Å²) in [4.78, 5) is 24.7. The molecule has 1 N–H and O–H groups in total. The molecule has 2 aromatic rings. The normalized spacial score (nSPS) is 20.4. The minimum Gasteiger partial charge on any atom is -0.481 e. The van der Waals surface area contributed by atoms with Gasteiger partial charge in [-0.25, -0.2) is 13.5 Å². The van der Waals surface area contributed by atoms with Gasteiger partial charge in [-0.3, -0.25) is 9.59 Å². The molecule has 1 fully saturated rings. The van der Waals surface area contributed by atoms with Crippen LogP contribution in [0, 0.1) is 17.6 Å². The standard InChI is InChI=1S/C16H15F2N3O3/c1-20-15(22)5-4-14(19-20)21-7-11(12(8-21)16(23)24)10-3-2-9(17)6-13(10)18/h2-6,11-12H,7-8H2,1H3,(H,23,24)/t11?,12-/m1/s1. The van der Waals surface area contributed by atoms with Gasteiger partial charge in [0.05, 0.1) is 5.92 Å². The summed E-state index contributed by atoms with van der Waals surface area (Å²) in [6, 6.07) is 5.99. The number of rotatable bonds is 3. The van der Waals surface area contributed by atoms with E-state index in [9.17, 15) is 23.5 Å². The number of hydrogen-bond acceptors (Lipinski definition) is 4. The third kappa shape index (κ3) is 2.86. The van der Waals surface area contributed by atoms with E-state index in [0.717, 1.165) is 16.8 Å². The third-order valence-electron chi connectivity index (χ3n) is 4.27. The highest BCUT2D eigenvalue weighted by Crippen LogP contribution is 2.36. The van der Waals surface area contributed by atoms with Crippen molar-refractivity contribution < 1.29 is 18.7 Å². The molecule has 126 valence electrons. The molecule has 2 heterocycles. The van der Waals surface area contributed by atoms with Gasteiger partial charge in [0.15, 0.2) is 0 Å². The lowest BCUT2D eigenvalue weighted by molar-refractivity contribution is -0.141. The number of carbonyl (C=O) groups is 1. The molecule has 1 unspecified atom stereocenters. The number of aliphatic carboxylic acids is 1. The van der Waals surface area contributed by atoms with Gasteiger partial charge in [0.2, 0.25) is 0 Å². The first-order valence-corrected chi connectivity index (χ1v) is 7.34. The van der Waals surface area contributed by atoms with Crippen molar-refractivity contribution in [3.05, 3.63) is 57.9 Å². The van der Waals surface area contributed by atoms with Crippen LogP contribution in [0.4, 0.5) is 14.6 Å². The number of aromatic nitrogens is 2. The van der Waals surface area contributed by atoms with Crippen LogP contribution in [-0.4, -0.2) is 33.9 Å². The van der Waals surface area contributed by atoms with Crippen LogP contribution in [-0.2, 0) is 11.8 Å². The Balaban J connectivity index is 1.96. The van der Waals surface area contributed by atoms with Crippen LogP contribution >= 0.6 is 0 Å². The van der Waals surface area contributed by atoms with Crippen molar-refractivity contribution in [2.75, 3.05) is 18.0 Å². The predicted molar refractivity (Wildman–Crippen MR) is 81.9 cm³/mol. The highest BCUT2D eigenvalue weighted by Gasteiger charge is 2.40. The Bertz CT molecular complexity index is 853. The fourth-order valence-corrected chi connectivity index (χ4v) is 3.02. The SMILES string of the molecule is Cn1nc(N2CC(c3ccc(F)cc3F)[C@H](C(=O)O)C2)ccc1=O. The van der Waals surface area contributed by atoms with E-state index in [2.05, 4.69) is 5.10 Å². The first-order valence-electron chi connectivity index (χ1n) is 7.34. The van der Waals surface area contributed by atoms with Crippen LogP contribution < -0.4 is 10.5 Å². The van der Waals surface area contributed by atoms with Crippen molar-refractivity contribution in [2.24, 2.45) is 13.0 Å². The number of aryl methyl sites for hydroxylation is 1. The van der Waals surface area contributed by atoms with Crippen LogP contribution in [0.25, 0.3) is 0 Å². The number of benzene rings is 1. The van der Waals surface area contributed by atoms with E-state index in [0.29, 0.717) is 5.82 Å². The maximum absolute atomic E-state index is 14.1. The van der Waals surface area contributed by atoms with Gasteiger partial charge in [-0.2, -0.15) is 5.10 Å². The van der Waals surface area contributed by atoms with Crippen molar-refractivity contribution in [2.45, 2.75) is 5.92 Å². The minimum absolute atomic E-state index is 0.127. The van der Waals surface area contributed by atoms with Crippen LogP contribution in [0.15, 0.2) is 35.1 Å². The second kappa shape index (κ2) is 6.03. The molecule has 1 aliphatic heterocycles. The predicted octanol–water partition coefficient (Wildman–Crippen LogP) is 1.36. The maximum Gasteiger partial charge on any atom is 0.308 e. The lowest BCUT2D eigenvalue weighted by Gasteiger charge is -2.17. The number of carboxylic acid groups (broad SMARTS) is 1. The van der Waals surface area contributed by atoms with Gasteiger partial charge in [-0.1, -0.05) is 6.07 Å². The zero-order valence-corrected chi connectivity index (χ0v) is 12.8. The van der Waals surface area contributed by atoms with E-state index in [1.54, 1.807) is 4.90 Å². The topological polar surface area (TPSA) is 75.4 Å². The minimum atomic E-state index is -1.06. The summed E-state index contributed by atoms with van der Waals surface area (Å²) in [6.07, 6.45) is 0. The average Bonchev–Trinajstić information content (AvgIpc) is 2.95. The Morgan fingerprint density at radius 3 is 2.62 bits per heavy atom. The van der Waals surface area contributed by atoms with E-state index in [4.69, 9.17) is 0 Å². The summed E-state index contributed by atoms with van der Waals surface area (Å²) in [5.74, 6) is -3.59. The van der Waals surface area contributed by atoms with Crippen LogP contribution in [0.5, 0.6) is 0 Å². The first kappa shape index (κ1) is 16.1. The molecule has 24 heavy (non-hydrogen) atoms. The summed E-state index contributed by atoms with van der Waals surface area (Å²) >= 11 is 0. The Morgan fingerprint density at radius 1 is 1.25 bits per heavy atom. The highest BCUT2D eigenvalue weighted by molar-refractivity contribution is 5.73. The van der Waals surface area contributed by atoms with E-state index in [-0.39, 0.29) is 24.2 Å². The van der Waals surface area contributed by atoms with E-state index < -0.39 is 29.4 Å². The molecule has 1 aliphatic rings. The molecule has 0 bridgehead atoms. The Morgan fingerprint density at radius 2 is 2.00 bits per heavy atom. The van der Waals surface area contributed by atoms with Gasteiger partial charge in [0.1, 0.15) is 17.5 Å². The number of hydrogen-bond donors (Lipinski definition) is 1. The molecule has 1 aromatic heterocycles. The van der Waals surface area contributed by atoms with Crippen molar-refractivity contribution >= 4 is 11.8 Å². The third-order valence-corrected chi connectivity index (χ3v) is 4.27. The van der Waals surface area contributed by atoms with Crippen molar-refractivity contribution in [3.8, 4) is 0 Å². The lowest BCUT2D eigenvalue weighted by Crippen LogP contribution is -2.27. The smallest absolute Gasteiger partial charge is 0.308 e. The van der Waals surface area contributed by atoms with Crippen LogP contribution in [0.1, 0.15) is 11.5 Å². The molecule has 6 nitrogen and oxygen atoms in total. The van der Waals surface area contributed by atoms with Gasteiger partial charge in [0.25, 0.3) is 5.56 Å². The summed E-state index contributed by atoms with van der Waals surface area (Å²) in [5, 5.41) is 13.6. The van der Waals surface area contributed by atoms with Crippen molar-refractivity contribution in [1.82, 2.24) is 9.78 Å². The molecule has 8 heteroatoms. The Labute approximate surface area is 135 Å². The highest BCUT2D eigenvalue weighted by atomic mass is 19.1. The van der Waals surface area contributed by atoms with Crippen molar-refractivity contribution in [1.29, 1.82) is 0 Å². The van der Waals surface area contributed by atoms with Gasteiger partial charge in [-0.05, 0) is 17.7 Å². The van der Waals surface area contributed by atoms with Gasteiger partial charge in [-0.15, -0.1) is 0 Å². The molecule has 0 amide bonds.